The number of anilines is 6. The van der Waals surface area contributed by atoms with Gasteiger partial charge < -0.3 is 18.9 Å². The number of nitrogens with zero attached hydrogens (tertiary/aromatic N) is 4. The number of para-hydroxylation sites is 3. The van der Waals surface area contributed by atoms with Gasteiger partial charge in [0.2, 0.25) is 0 Å². The minimum Gasteiger partial charge on any atom is -0.323 e. The molecule has 0 bridgehead atoms. The summed E-state index contributed by atoms with van der Waals surface area (Å²) >= 11 is 0. The summed E-state index contributed by atoms with van der Waals surface area (Å²) in [6.45, 7) is 9.46. The Morgan fingerprint density at radius 2 is 0.967 bits per heavy atom. The molecule has 0 unspecified atom stereocenters. The Balaban J connectivity index is 1.32. The highest BCUT2D eigenvalue weighted by Crippen LogP contribution is 2.52. The van der Waals surface area contributed by atoms with Gasteiger partial charge in [-0.2, -0.15) is 0 Å². The van der Waals surface area contributed by atoms with Crippen molar-refractivity contribution in [2.24, 2.45) is 0 Å². The van der Waals surface area contributed by atoms with E-state index in [0.717, 1.165) is 25.7 Å². The highest BCUT2D eigenvalue weighted by molar-refractivity contribution is 7.00. The van der Waals surface area contributed by atoms with Crippen LogP contribution in [0.5, 0.6) is 0 Å². The molecule has 294 valence electrons. The average molecular weight is 779 g/mol. The van der Waals surface area contributed by atoms with Crippen LogP contribution in [0.4, 0.5) is 34.1 Å². The summed E-state index contributed by atoms with van der Waals surface area (Å²) in [6, 6.07) is 52.9. The third-order valence-corrected chi connectivity index (χ3v) is 14.1. The number of aryl methyl sites for hydroxylation is 1. The molecule has 4 nitrogen and oxygen atoms in total. The molecule has 60 heavy (non-hydrogen) atoms. The first-order chi connectivity index (χ1) is 29.4. The summed E-state index contributed by atoms with van der Waals surface area (Å²) in [5, 5.41) is 2.55. The van der Waals surface area contributed by atoms with Crippen LogP contribution in [0.2, 0.25) is 0 Å². The second-order valence-corrected chi connectivity index (χ2v) is 18.6. The molecule has 0 saturated heterocycles. The van der Waals surface area contributed by atoms with Gasteiger partial charge in [0, 0.05) is 56.4 Å². The third-order valence-electron chi connectivity index (χ3n) is 14.1. The second kappa shape index (κ2) is 13.4. The van der Waals surface area contributed by atoms with Gasteiger partial charge in [-0.3, -0.25) is 0 Å². The van der Waals surface area contributed by atoms with Crippen molar-refractivity contribution in [3.63, 3.8) is 0 Å². The smallest absolute Gasteiger partial charge is 0.294 e. The van der Waals surface area contributed by atoms with Crippen LogP contribution in [0.1, 0.15) is 80.1 Å². The molecular formula is C55H51BN4. The number of hydrogen-bond donors (Lipinski definition) is 0. The van der Waals surface area contributed by atoms with Crippen LogP contribution in [0, 0.1) is 6.92 Å². The predicted molar refractivity (Wildman–Crippen MR) is 253 cm³/mol. The number of hydrogen-bond acceptors (Lipinski definition) is 2. The van der Waals surface area contributed by atoms with E-state index in [4.69, 9.17) is 0 Å². The van der Waals surface area contributed by atoms with Crippen molar-refractivity contribution in [1.29, 1.82) is 0 Å². The van der Waals surface area contributed by atoms with Gasteiger partial charge in [0.1, 0.15) is 0 Å². The van der Waals surface area contributed by atoms with E-state index in [1.807, 2.05) is 0 Å². The van der Waals surface area contributed by atoms with Gasteiger partial charge in [0.05, 0.1) is 17.1 Å². The van der Waals surface area contributed by atoms with Crippen LogP contribution in [0.15, 0.2) is 140 Å². The molecule has 2 aromatic heterocycles. The fourth-order valence-electron chi connectivity index (χ4n) is 11.5. The highest BCUT2D eigenvalue weighted by atomic mass is 15.2. The molecule has 6 aromatic carbocycles. The quantitative estimate of drug-likeness (QED) is 0.165. The molecular weight excluding hydrogens is 727 g/mol. The van der Waals surface area contributed by atoms with Crippen molar-refractivity contribution in [2.45, 2.75) is 84.5 Å². The van der Waals surface area contributed by atoms with Gasteiger partial charge in [-0.15, -0.1) is 0 Å². The Kier molecular flexibility index (Phi) is 7.98. The lowest BCUT2D eigenvalue weighted by atomic mass is 9.36. The van der Waals surface area contributed by atoms with Crippen molar-refractivity contribution in [3.8, 4) is 11.4 Å². The van der Waals surface area contributed by atoms with Crippen LogP contribution in [-0.2, 0) is 31.1 Å². The summed E-state index contributed by atoms with van der Waals surface area (Å²) in [6.07, 6.45) is 9.13. The molecule has 5 heteroatoms. The van der Waals surface area contributed by atoms with E-state index in [1.165, 1.54) is 132 Å². The lowest BCUT2D eigenvalue weighted by molar-refractivity contribution is 0.590. The maximum atomic E-state index is 2.74. The summed E-state index contributed by atoms with van der Waals surface area (Å²) in [7, 11) is 0. The fourth-order valence-corrected chi connectivity index (χ4v) is 11.5. The number of aromatic nitrogens is 2. The monoisotopic (exact) mass is 778 g/mol. The largest absolute Gasteiger partial charge is 0.323 e. The van der Waals surface area contributed by atoms with Crippen molar-refractivity contribution in [1.82, 2.24) is 9.13 Å². The standard InChI is InChI=1S/C55H51BN4/c1-36-20-11-16-30-44(36)59-48-34-38(55(2,3)4)35-49-50(48)56(53-51(59)42-28-14-17-31-46(42)57(53)39-23-7-5-8-24-39)54-52(60(49)45-33-19-22-37-21-12-13-27-41(37)45)43-29-15-18-32-47(43)58(54)40-25-9-6-10-26-40/h5-13,16,19-27,30,33-35H,14-15,17-18,28-29,31-32H2,1-4H3. The molecule has 0 spiro atoms. The summed E-state index contributed by atoms with van der Waals surface area (Å²) in [5.74, 6) is 0. The van der Waals surface area contributed by atoms with E-state index in [9.17, 15) is 0 Å². The Morgan fingerprint density at radius 3 is 1.55 bits per heavy atom. The molecule has 0 saturated carbocycles. The minimum atomic E-state index is -0.0891. The molecule has 0 radical (unpaired) electrons. The fraction of sp³-hybridized carbons (Fsp3) is 0.236. The Bertz CT molecular complexity index is 3000. The van der Waals surface area contributed by atoms with Gasteiger partial charge in [0.25, 0.3) is 6.71 Å². The van der Waals surface area contributed by atoms with Crippen molar-refractivity contribution in [3.05, 3.63) is 173 Å². The molecule has 12 rings (SSSR count). The first-order valence-electron chi connectivity index (χ1n) is 22.3. The molecule has 0 amide bonds. The molecule has 2 aliphatic heterocycles. The van der Waals surface area contributed by atoms with Crippen LogP contribution < -0.4 is 26.4 Å². The summed E-state index contributed by atoms with van der Waals surface area (Å²) in [5.41, 5.74) is 23.3. The molecule has 0 fully saturated rings. The SMILES string of the molecule is Cc1ccccc1N1c2cc(C(C)(C)C)cc3c2B(c2c1c1c(n2-c2ccccc2)CCCC1)c1c(c2c(n1-c1ccccc1)CCCC2)N3c1cccc2ccccc12. The average Bonchev–Trinajstić information content (AvgIpc) is 3.80. The van der Waals surface area contributed by atoms with E-state index >= 15 is 0 Å². The van der Waals surface area contributed by atoms with E-state index in [1.54, 1.807) is 0 Å². The van der Waals surface area contributed by atoms with Gasteiger partial charge in [-0.05, 0) is 145 Å². The second-order valence-electron chi connectivity index (χ2n) is 18.6. The maximum Gasteiger partial charge on any atom is 0.294 e. The topological polar surface area (TPSA) is 16.3 Å². The van der Waals surface area contributed by atoms with Crippen LogP contribution in [-0.4, -0.2) is 15.8 Å². The number of fused-ring (bicyclic) bond motifs is 9. The first kappa shape index (κ1) is 35.7. The predicted octanol–water partition coefficient (Wildman–Crippen LogP) is 11.9. The Hall–Kier alpha value is -6.20. The summed E-state index contributed by atoms with van der Waals surface area (Å²) in [4.78, 5) is 5.46. The van der Waals surface area contributed by atoms with E-state index in [0.29, 0.717) is 0 Å². The van der Waals surface area contributed by atoms with E-state index in [2.05, 4.69) is 186 Å². The zero-order valence-electron chi connectivity index (χ0n) is 35.3. The zero-order chi connectivity index (χ0) is 40.3. The summed E-state index contributed by atoms with van der Waals surface area (Å²) < 4.78 is 5.48. The normalized spacial score (nSPS) is 15.4. The molecule has 8 aromatic rings. The maximum absolute atomic E-state index is 2.74. The highest BCUT2D eigenvalue weighted by Gasteiger charge is 2.51. The first-order valence-corrected chi connectivity index (χ1v) is 22.3. The van der Waals surface area contributed by atoms with Crippen molar-refractivity contribution < 1.29 is 0 Å². The minimum absolute atomic E-state index is 0.0166. The van der Waals surface area contributed by atoms with E-state index in [-0.39, 0.29) is 12.1 Å². The molecule has 0 N–H and O–H groups in total. The Morgan fingerprint density at radius 1 is 0.483 bits per heavy atom. The number of rotatable bonds is 4. The van der Waals surface area contributed by atoms with Crippen LogP contribution >= 0.6 is 0 Å². The number of benzene rings is 6. The van der Waals surface area contributed by atoms with Crippen LogP contribution in [0.3, 0.4) is 0 Å². The van der Waals surface area contributed by atoms with Gasteiger partial charge in [-0.1, -0.05) is 112 Å². The Labute approximate surface area is 354 Å². The molecule has 4 heterocycles. The lowest BCUT2D eigenvalue weighted by Crippen LogP contribution is -2.64. The van der Waals surface area contributed by atoms with Gasteiger partial charge in [0.15, 0.2) is 0 Å². The molecule has 2 aliphatic carbocycles. The van der Waals surface area contributed by atoms with Crippen molar-refractivity contribution >= 4 is 68.3 Å². The van der Waals surface area contributed by atoms with Gasteiger partial charge in [-0.25, -0.2) is 0 Å². The molecule has 0 atom stereocenters. The van der Waals surface area contributed by atoms with Gasteiger partial charge >= 0.3 is 0 Å². The van der Waals surface area contributed by atoms with Crippen LogP contribution in [0.25, 0.3) is 22.1 Å². The lowest BCUT2D eigenvalue weighted by Gasteiger charge is -2.45. The third kappa shape index (κ3) is 5.11. The van der Waals surface area contributed by atoms with E-state index < -0.39 is 0 Å². The zero-order valence-corrected chi connectivity index (χ0v) is 35.3. The molecule has 4 aliphatic rings. The van der Waals surface area contributed by atoms with Crippen molar-refractivity contribution in [2.75, 3.05) is 9.80 Å².